The maximum Gasteiger partial charge on any atom is 0.363 e. The van der Waals surface area contributed by atoms with Gasteiger partial charge in [0.2, 0.25) is 5.90 Å². The van der Waals surface area contributed by atoms with E-state index in [1.807, 2.05) is 67.6 Å². The summed E-state index contributed by atoms with van der Waals surface area (Å²) < 4.78 is 23.1. The largest absolute Gasteiger partial charge is 0.493 e. The minimum atomic E-state index is -0.502. The lowest BCUT2D eigenvalue weighted by atomic mass is 10.1. The number of hydrogen-bond donors (Lipinski definition) is 0. The molecule has 0 spiro atoms. The van der Waals surface area contributed by atoms with Crippen molar-refractivity contribution in [1.82, 2.24) is 0 Å². The number of carbonyl (C=O) groups is 1. The standard InChI is InChI=1S/C26H22BrNO5/c1-17-7-6-10-20(13-17)31-11-12-32-24-21(27)14-18(16-23(24)30-2)15-22-26(29)33-25(28-22)19-8-4-3-5-9-19/h3-10,13-16H,11-12H2,1-2H3/b22-15+. The molecule has 0 aromatic heterocycles. The Balaban J connectivity index is 1.47. The Labute approximate surface area is 200 Å². The van der Waals surface area contributed by atoms with Gasteiger partial charge in [0.05, 0.1) is 11.6 Å². The molecular formula is C26H22BrNO5. The zero-order valence-electron chi connectivity index (χ0n) is 18.2. The molecule has 0 atom stereocenters. The van der Waals surface area contributed by atoms with Gasteiger partial charge in [-0.25, -0.2) is 9.79 Å². The Morgan fingerprint density at radius 3 is 2.55 bits per heavy atom. The molecule has 6 nitrogen and oxygen atoms in total. The number of hydrogen-bond acceptors (Lipinski definition) is 6. The van der Waals surface area contributed by atoms with Crippen molar-refractivity contribution in [3.63, 3.8) is 0 Å². The molecule has 0 aliphatic carbocycles. The number of methoxy groups -OCH3 is 1. The number of ether oxygens (including phenoxy) is 4. The van der Waals surface area contributed by atoms with Crippen molar-refractivity contribution < 1.29 is 23.7 Å². The first-order valence-electron chi connectivity index (χ1n) is 10.3. The van der Waals surface area contributed by atoms with Gasteiger partial charge in [-0.05, 0) is 76.5 Å². The molecule has 0 unspecified atom stereocenters. The van der Waals surface area contributed by atoms with E-state index in [1.165, 1.54) is 0 Å². The minimum absolute atomic E-state index is 0.211. The van der Waals surface area contributed by atoms with Gasteiger partial charge < -0.3 is 18.9 Å². The molecule has 0 saturated heterocycles. The first-order valence-corrected chi connectivity index (χ1v) is 11.1. The van der Waals surface area contributed by atoms with Gasteiger partial charge >= 0.3 is 5.97 Å². The fourth-order valence-corrected chi connectivity index (χ4v) is 3.82. The quantitative estimate of drug-likeness (QED) is 0.226. The summed E-state index contributed by atoms with van der Waals surface area (Å²) in [5, 5.41) is 0. The highest BCUT2D eigenvalue weighted by molar-refractivity contribution is 9.10. The van der Waals surface area contributed by atoms with Gasteiger partial charge in [-0.2, -0.15) is 0 Å². The highest BCUT2D eigenvalue weighted by Gasteiger charge is 2.24. The van der Waals surface area contributed by atoms with Crippen LogP contribution in [0.2, 0.25) is 0 Å². The van der Waals surface area contributed by atoms with Gasteiger partial charge in [-0.3, -0.25) is 0 Å². The molecule has 0 bridgehead atoms. The molecule has 0 N–H and O–H groups in total. The summed E-state index contributed by atoms with van der Waals surface area (Å²) in [5.74, 6) is 1.65. The van der Waals surface area contributed by atoms with E-state index in [1.54, 1.807) is 19.3 Å². The fourth-order valence-electron chi connectivity index (χ4n) is 3.24. The van der Waals surface area contributed by atoms with Crippen LogP contribution in [-0.4, -0.2) is 32.2 Å². The van der Waals surface area contributed by atoms with Crippen LogP contribution >= 0.6 is 15.9 Å². The molecule has 0 saturated carbocycles. The van der Waals surface area contributed by atoms with Gasteiger partial charge in [-0.15, -0.1) is 0 Å². The predicted molar refractivity (Wildman–Crippen MR) is 130 cm³/mol. The molecule has 4 rings (SSSR count). The van der Waals surface area contributed by atoms with Crippen LogP contribution in [0.1, 0.15) is 16.7 Å². The van der Waals surface area contributed by atoms with Crippen LogP contribution in [0, 0.1) is 6.92 Å². The molecule has 1 aliphatic rings. The SMILES string of the molecule is COc1cc(/C=C2/N=C(c3ccccc3)OC2=O)cc(Br)c1OCCOc1cccc(C)c1. The van der Waals surface area contributed by atoms with E-state index in [0.717, 1.165) is 16.9 Å². The second kappa shape index (κ2) is 10.4. The molecule has 1 heterocycles. The van der Waals surface area contributed by atoms with Crippen molar-refractivity contribution >= 4 is 33.9 Å². The molecule has 1 aliphatic heterocycles. The first kappa shape index (κ1) is 22.6. The lowest BCUT2D eigenvalue weighted by Crippen LogP contribution is -2.10. The number of cyclic esters (lactones) is 1. The molecule has 3 aromatic carbocycles. The lowest BCUT2D eigenvalue weighted by Gasteiger charge is -2.14. The Morgan fingerprint density at radius 1 is 1.00 bits per heavy atom. The Morgan fingerprint density at radius 2 is 1.79 bits per heavy atom. The molecule has 0 radical (unpaired) electrons. The van der Waals surface area contributed by atoms with E-state index >= 15 is 0 Å². The van der Waals surface area contributed by atoms with E-state index in [0.29, 0.717) is 34.7 Å². The average Bonchev–Trinajstić information content (AvgIpc) is 3.18. The molecular weight excluding hydrogens is 486 g/mol. The number of aliphatic imine (C=N–C) groups is 1. The predicted octanol–water partition coefficient (Wildman–Crippen LogP) is 5.57. The zero-order chi connectivity index (χ0) is 23.2. The van der Waals surface area contributed by atoms with Crippen molar-refractivity contribution in [2.45, 2.75) is 6.92 Å². The molecule has 33 heavy (non-hydrogen) atoms. The highest BCUT2D eigenvalue weighted by atomic mass is 79.9. The molecule has 7 heteroatoms. The fraction of sp³-hybridized carbons (Fsp3) is 0.154. The van der Waals surface area contributed by atoms with Crippen molar-refractivity contribution in [3.05, 3.63) is 93.6 Å². The van der Waals surface area contributed by atoms with Crippen LogP contribution in [0.15, 0.2) is 81.9 Å². The molecule has 0 fully saturated rings. The van der Waals surface area contributed by atoms with Gasteiger partial charge in [0.25, 0.3) is 0 Å². The highest BCUT2D eigenvalue weighted by Crippen LogP contribution is 2.37. The first-order chi connectivity index (χ1) is 16.0. The second-order valence-corrected chi connectivity index (χ2v) is 8.10. The van der Waals surface area contributed by atoms with Crippen LogP contribution in [0.3, 0.4) is 0 Å². The molecule has 0 amide bonds. The van der Waals surface area contributed by atoms with E-state index in [-0.39, 0.29) is 11.6 Å². The third-order valence-electron chi connectivity index (χ3n) is 4.78. The average molecular weight is 508 g/mol. The molecule has 3 aromatic rings. The van der Waals surface area contributed by atoms with E-state index < -0.39 is 5.97 Å². The lowest BCUT2D eigenvalue weighted by molar-refractivity contribution is -0.129. The van der Waals surface area contributed by atoms with Crippen molar-refractivity contribution in [1.29, 1.82) is 0 Å². The Hall–Kier alpha value is -3.58. The van der Waals surface area contributed by atoms with Gasteiger partial charge in [0, 0.05) is 5.56 Å². The van der Waals surface area contributed by atoms with Crippen LogP contribution in [0.25, 0.3) is 6.08 Å². The third kappa shape index (κ3) is 5.62. The summed E-state index contributed by atoms with van der Waals surface area (Å²) in [4.78, 5) is 16.6. The van der Waals surface area contributed by atoms with E-state index in [9.17, 15) is 4.79 Å². The van der Waals surface area contributed by atoms with E-state index in [4.69, 9.17) is 18.9 Å². The Kier molecular flexibility index (Phi) is 7.10. The molecule has 168 valence electrons. The van der Waals surface area contributed by atoms with Crippen molar-refractivity contribution in [2.24, 2.45) is 4.99 Å². The van der Waals surface area contributed by atoms with Gasteiger partial charge in [-0.1, -0.05) is 30.3 Å². The van der Waals surface area contributed by atoms with Crippen LogP contribution < -0.4 is 14.2 Å². The smallest absolute Gasteiger partial charge is 0.363 e. The number of benzene rings is 3. The summed E-state index contributed by atoms with van der Waals surface area (Å²) >= 11 is 3.53. The van der Waals surface area contributed by atoms with Gasteiger partial charge in [0.15, 0.2) is 17.2 Å². The number of halogens is 1. The third-order valence-corrected chi connectivity index (χ3v) is 5.37. The summed E-state index contributed by atoms with van der Waals surface area (Å²) in [7, 11) is 1.56. The summed E-state index contributed by atoms with van der Waals surface area (Å²) in [6, 6.07) is 20.7. The normalized spacial score (nSPS) is 14.1. The number of aryl methyl sites for hydroxylation is 1. The van der Waals surface area contributed by atoms with E-state index in [2.05, 4.69) is 20.9 Å². The monoisotopic (exact) mass is 507 g/mol. The van der Waals surface area contributed by atoms with Crippen molar-refractivity contribution in [3.8, 4) is 17.2 Å². The van der Waals surface area contributed by atoms with Crippen LogP contribution in [-0.2, 0) is 9.53 Å². The maximum absolute atomic E-state index is 12.3. The van der Waals surface area contributed by atoms with Crippen LogP contribution in [0.5, 0.6) is 17.2 Å². The zero-order valence-corrected chi connectivity index (χ0v) is 19.8. The van der Waals surface area contributed by atoms with Crippen molar-refractivity contribution in [2.75, 3.05) is 20.3 Å². The van der Waals surface area contributed by atoms with Crippen LogP contribution in [0.4, 0.5) is 0 Å². The van der Waals surface area contributed by atoms with Gasteiger partial charge in [0.1, 0.15) is 19.0 Å². The Bertz CT molecular complexity index is 1220. The summed E-state index contributed by atoms with van der Waals surface area (Å²) in [6.45, 7) is 2.73. The number of rotatable bonds is 8. The maximum atomic E-state index is 12.3. The second-order valence-electron chi connectivity index (χ2n) is 7.25. The summed E-state index contributed by atoms with van der Waals surface area (Å²) in [6.07, 6.45) is 1.65. The number of esters is 1. The number of carbonyl (C=O) groups excluding carboxylic acids is 1. The topological polar surface area (TPSA) is 66.4 Å². The summed E-state index contributed by atoms with van der Waals surface area (Å²) in [5.41, 5.74) is 2.80. The number of nitrogens with zero attached hydrogens (tertiary/aromatic N) is 1. The minimum Gasteiger partial charge on any atom is -0.493 e.